The average molecular weight is 351 g/mol. The third-order valence-electron chi connectivity index (χ3n) is 5.23. The van der Waals surface area contributed by atoms with Gasteiger partial charge in [0, 0.05) is 24.7 Å². The number of hydrogen-bond acceptors (Lipinski definition) is 5. The zero-order chi connectivity index (χ0) is 18.3. The minimum absolute atomic E-state index is 0.162. The first-order valence-corrected chi connectivity index (χ1v) is 9.17. The predicted molar refractivity (Wildman–Crippen MR) is 106 cm³/mol. The van der Waals surface area contributed by atoms with Gasteiger partial charge >= 0.3 is 0 Å². The summed E-state index contributed by atoms with van der Waals surface area (Å²) >= 11 is 0. The van der Waals surface area contributed by atoms with Crippen LogP contribution in [0.1, 0.15) is 32.3 Å². The van der Waals surface area contributed by atoms with Gasteiger partial charge in [0.2, 0.25) is 0 Å². The normalized spacial score (nSPS) is 16.4. The summed E-state index contributed by atoms with van der Waals surface area (Å²) in [6, 6.07) is 2.09. The van der Waals surface area contributed by atoms with Crippen molar-refractivity contribution < 1.29 is 4.74 Å². The molecule has 0 amide bonds. The summed E-state index contributed by atoms with van der Waals surface area (Å²) in [4.78, 5) is 14.6. The number of nitrogens with two attached hydrogens (primary N) is 1. The van der Waals surface area contributed by atoms with Crippen LogP contribution in [0.5, 0.6) is 5.75 Å². The van der Waals surface area contributed by atoms with Gasteiger partial charge in [0.05, 0.1) is 17.1 Å². The molecule has 0 aliphatic carbocycles. The summed E-state index contributed by atoms with van der Waals surface area (Å²) in [5, 5.41) is 1.96. The van der Waals surface area contributed by atoms with E-state index in [0.29, 0.717) is 11.6 Å². The first-order valence-electron chi connectivity index (χ1n) is 9.17. The fourth-order valence-electron chi connectivity index (χ4n) is 3.62. The second-order valence-corrected chi connectivity index (χ2v) is 7.04. The Balaban J connectivity index is 1.77. The largest absolute Gasteiger partial charge is 0.486 e. The number of H-pyrrole nitrogens is 1. The topological polar surface area (TPSA) is 80.1 Å². The third-order valence-corrected chi connectivity index (χ3v) is 5.23. The molecule has 0 unspecified atom stereocenters. The molecule has 0 atom stereocenters. The van der Waals surface area contributed by atoms with Crippen molar-refractivity contribution in [1.82, 2.24) is 19.9 Å². The van der Waals surface area contributed by atoms with Crippen molar-refractivity contribution in [3.05, 3.63) is 30.6 Å². The fourth-order valence-corrected chi connectivity index (χ4v) is 3.62. The lowest BCUT2D eigenvalue weighted by Crippen LogP contribution is -2.38. The van der Waals surface area contributed by atoms with Crippen LogP contribution >= 0.6 is 0 Å². The van der Waals surface area contributed by atoms with Gasteiger partial charge in [-0.1, -0.05) is 13.5 Å². The van der Waals surface area contributed by atoms with Crippen molar-refractivity contribution in [1.29, 1.82) is 0 Å². The second kappa shape index (κ2) is 6.61. The molecule has 136 valence electrons. The van der Waals surface area contributed by atoms with Crippen molar-refractivity contribution >= 4 is 33.3 Å². The van der Waals surface area contributed by atoms with Gasteiger partial charge in [-0.15, -0.1) is 0 Å². The number of nitrogens with zero attached hydrogens (tertiary/aromatic N) is 3. The van der Waals surface area contributed by atoms with Crippen LogP contribution in [0.2, 0.25) is 0 Å². The van der Waals surface area contributed by atoms with E-state index in [2.05, 4.69) is 39.4 Å². The minimum atomic E-state index is 0.162. The Kier molecular flexibility index (Phi) is 4.28. The van der Waals surface area contributed by atoms with E-state index in [1.54, 1.807) is 6.20 Å². The number of anilines is 1. The molecule has 0 aromatic carbocycles. The third kappa shape index (κ3) is 2.90. The Hall–Kier alpha value is -2.60. The second-order valence-electron chi connectivity index (χ2n) is 7.04. The summed E-state index contributed by atoms with van der Waals surface area (Å²) < 4.78 is 6.37. The maximum Gasteiger partial charge on any atom is 0.171 e. The SMILES string of the molecule is C=C(C)c1cnc2[nH]c3cnc(N)c(OC4CCN(CC)CC4)c3c2c1. The molecular weight excluding hydrogens is 326 g/mol. The van der Waals surface area contributed by atoms with Crippen LogP contribution in [0.15, 0.2) is 25.0 Å². The predicted octanol–water partition coefficient (Wildman–Crippen LogP) is 3.59. The summed E-state index contributed by atoms with van der Waals surface area (Å²) in [6.07, 6.45) is 5.74. The highest BCUT2D eigenvalue weighted by molar-refractivity contribution is 6.11. The fraction of sp³-hybridized carbons (Fsp3) is 0.400. The molecule has 6 nitrogen and oxygen atoms in total. The van der Waals surface area contributed by atoms with Gasteiger partial charge in [-0.2, -0.15) is 0 Å². The molecule has 0 radical (unpaired) electrons. The first kappa shape index (κ1) is 16.8. The minimum Gasteiger partial charge on any atom is -0.486 e. The van der Waals surface area contributed by atoms with Crippen LogP contribution in [-0.4, -0.2) is 45.6 Å². The number of aromatic nitrogens is 3. The van der Waals surface area contributed by atoms with E-state index in [-0.39, 0.29) is 6.10 Å². The van der Waals surface area contributed by atoms with E-state index < -0.39 is 0 Å². The van der Waals surface area contributed by atoms with E-state index in [9.17, 15) is 0 Å². The van der Waals surface area contributed by atoms with Crippen molar-refractivity contribution in [3.8, 4) is 5.75 Å². The molecule has 0 spiro atoms. The van der Waals surface area contributed by atoms with Crippen LogP contribution in [0, 0.1) is 0 Å². The molecule has 26 heavy (non-hydrogen) atoms. The lowest BCUT2D eigenvalue weighted by molar-refractivity contribution is 0.105. The Morgan fingerprint density at radius 1 is 1.35 bits per heavy atom. The van der Waals surface area contributed by atoms with Crippen LogP contribution < -0.4 is 10.5 Å². The van der Waals surface area contributed by atoms with Crippen molar-refractivity contribution in [2.45, 2.75) is 32.8 Å². The number of fused-ring (bicyclic) bond motifs is 3. The molecule has 3 aromatic rings. The van der Waals surface area contributed by atoms with Gasteiger partial charge in [0.25, 0.3) is 0 Å². The highest BCUT2D eigenvalue weighted by atomic mass is 16.5. The van der Waals surface area contributed by atoms with Crippen LogP contribution in [-0.2, 0) is 0 Å². The number of nitrogens with one attached hydrogen (secondary N) is 1. The number of ether oxygens (including phenoxy) is 1. The quantitative estimate of drug-likeness (QED) is 0.751. The monoisotopic (exact) mass is 351 g/mol. The number of rotatable bonds is 4. The molecule has 4 rings (SSSR count). The Labute approximate surface area is 153 Å². The molecule has 3 N–H and O–H groups in total. The zero-order valence-electron chi connectivity index (χ0n) is 15.4. The summed E-state index contributed by atoms with van der Waals surface area (Å²) in [7, 11) is 0. The number of likely N-dealkylation sites (tertiary alicyclic amines) is 1. The number of piperidine rings is 1. The van der Waals surface area contributed by atoms with Crippen LogP contribution in [0.4, 0.5) is 5.82 Å². The standard InChI is InChI=1S/C20H25N5O/c1-4-25-7-5-14(6-8-25)26-18-17-15-9-13(12(2)3)10-23-20(15)24-16(17)11-22-19(18)21/h9-11,14H,2,4-8H2,1,3H3,(H2,21,22)(H,23,24). The maximum absolute atomic E-state index is 6.37. The van der Waals surface area contributed by atoms with Crippen LogP contribution in [0.3, 0.4) is 0 Å². The summed E-state index contributed by atoms with van der Waals surface area (Å²) in [6.45, 7) is 11.4. The molecule has 6 heteroatoms. The molecule has 1 aliphatic heterocycles. The Bertz CT molecular complexity index is 969. The van der Waals surface area contributed by atoms with Gasteiger partial charge in [-0.05, 0) is 43.5 Å². The summed E-state index contributed by atoms with van der Waals surface area (Å²) in [5.74, 6) is 1.10. The smallest absolute Gasteiger partial charge is 0.171 e. The van der Waals surface area contributed by atoms with Gasteiger partial charge in [-0.25, -0.2) is 9.97 Å². The van der Waals surface area contributed by atoms with E-state index >= 15 is 0 Å². The van der Waals surface area contributed by atoms with Crippen molar-refractivity contribution in [2.24, 2.45) is 0 Å². The number of hydrogen-bond donors (Lipinski definition) is 2. The molecule has 4 heterocycles. The van der Waals surface area contributed by atoms with Crippen molar-refractivity contribution in [2.75, 3.05) is 25.4 Å². The zero-order valence-corrected chi connectivity index (χ0v) is 15.4. The molecular formula is C20H25N5O. The van der Waals surface area contributed by atoms with E-state index in [4.69, 9.17) is 10.5 Å². The van der Waals surface area contributed by atoms with E-state index in [0.717, 1.165) is 65.5 Å². The number of nitrogen functional groups attached to an aromatic ring is 1. The van der Waals surface area contributed by atoms with Gasteiger partial charge in [0.15, 0.2) is 11.6 Å². The molecule has 1 aliphatic rings. The first-order chi connectivity index (χ1) is 12.6. The highest BCUT2D eigenvalue weighted by Crippen LogP contribution is 2.37. The molecule has 0 saturated carbocycles. The highest BCUT2D eigenvalue weighted by Gasteiger charge is 2.23. The lowest BCUT2D eigenvalue weighted by Gasteiger charge is -2.31. The lowest BCUT2D eigenvalue weighted by atomic mass is 10.1. The molecule has 1 fully saturated rings. The Morgan fingerprint density at radius 2 is 2.12 bits per heavy atom. The molecule has 0 bridgehead atoms. The average Bonchev–Trinajstić information content (AvgIpc) is 3.02. The molecule has 3 aromatic heterocycles. The molecule has 1 saturated heterocycles. The van der Waals surface area contributed by atoms with Gasteiger partial charge in [0.1, 0.15) is 11.8 Å². The number of aromatic amines is 1. The van der Waals surface area contributed by atoms with Crippen molar-refractivity contribution in [3.63, 3.8) is 0 Å². The number of allylic oxidation sites excluding steroid dienone is 1. The van der Waals surface area contributed by atoms with E-state index in [1.165, 1.54) is 0 Å². The van der Waals surface area contributed by atoms with Crippen LogP contribution in [0.25, 0.3) is 27.5 Å². The van der Waals surface area contributed by atoms with E-state index in [1.807, 2.05) is 13.1 Å². The van der Waals surface area contributed by atoms with Gasteiger partial charge < -0.3 is 20.4 Å². The Morgan fingerprint density at radius 3 is 2.81 bits per heavy atom. The number of pyridine rings is 2. The van der Waals surface area contributed by atoms with Gasteiger partial charge in [-0.3, -0.25) is 0 Å². The summed E-state index contributed by atoms with van der Waals surface area (Å²) in [5.41, 5.74) is 9.89. The maximum atomic E-state index is 6.37.